The Labute approximate surface area is 85.6 Å². The van der Waals surface area contributed by atoms with E-state index in [1.54, 1.807) is 6.92 Å². The molecule has 3 amide bonds. The van der Waals surface area contributed by atoms with Crippen molar-refractivity contribution < 1.29 is 9.59 Å². The Hall–Kier alpha value is -2.12. The first-order valence-corrected chi connectivity index (χ1v) is 4.25. The second-order valence-corrected chi connectivity index (χ2v) is 2.96. The van der Waals surface area contributed by atoms with Gasteiger partial charge in [0.25, 0.3) is 0 Å². The molecule has 0 bridgehead atoms. The normalized spacial score (nSPS) is 11.9. The minimum atomic E-state index is -0.760. The average Bonchev–Trinajstić information content (AvgIpc) is 2.50. The molecule has 1 atom stereocenters. The summed E-state index contributed by atoms with van der Waals surface area (Å²) in [6, 6.07) is -1.50. The smallest absolute Gasteiger partial charge is 0.312 e. The third-order valence-electron chi connectivity index (χ3n) is 1.58. The third kappa shape index (κ3) is 3.25. The molecule has 0 saturated carbocycles. The van der Waals surface area contributed by atoms with Crippen LogP contribution >= 0.6 is 0 Å². The average molecular weight is 212 g/mol. The van der Waals surface area contributed by atoms with Crippen LogP contribution in [0.1, 0.15) is 12.7 Å². The Morgan fingerprint density at radius 3 is 2.67 bits per heavy atom. The molecule has 82 valence electrons. The summed E-state index contributed by atoms with van der Waals surface area (Å²) >= 11 is 0. The van der Waals surface area contributed by atoms with Gasteiger partial charge in [0.2, 0.25) is 11.9 Å². The number of aromatic amines is 1. The van der Waals surface area contributed by atoms with Crippen LogP contribution in [0.25, 0.3) is 0 Å². The van der Waals surface area contributed by atoms with Crippen molar-refractivity contribution in [3.63, 3.8) is 0 Å². The van der Waals surface area contributed by atoms with Gasteiger partial charge in [0.15, 0.2) is 0 Å². The standard InChI is InChI=1S/C7H12N6O2/c1-3(9-6(8)15)5(14)11-7-10-4(2)12-13-7/h3H,1-2H3,(H3,8,9,15)(H2,10,11,12,13,14). The number of anilines is 1. The lowest BCUT2D eigenvalue weighted by Gasteiger charge is -2.09. The van der Waals surface area contributed by atoms with E-state index in [1.165, 1.54) is 6.92 Å². The van der Waals surface area contributed by atoms with Crippen molar-refractivity contribution in [1.29, 1.82) is 0 Å². The van der Waals surface area contributed by atoms with E-state index in [9.17, 15) is 9.59 Å². The van der Waals surface area contributed by atoms with Crippen LogP contribution in [-0.4, -0.2) is 33.2 Å². The molecule has 1 heterocycles. The Kier molecular flexibility index (Phi) is 3.21. The number of primary amides is 1. The SMILES string of the molecule is Cc1nc(NC(=O)C(C)NC(N)=O)n[nH]1. The Morgan fingerprint density at radius 1 is 1.53 bits per heavy atom. The van der Waals surface area contributed by atoms with Crippen molar-refractivity contribution in [3.05, 3.63) is 5.82 Å². The van der Waals surface area contributed by atoms with Gasteiger partial charge < -0.3 is 11.1 Å². The fraction of sp³-hybridized carbons (Fsp3) is 0.429. The van der Waals surface area contributed by atoms with Gasteiger partial charge in [0.05, 0.1) is 0 Å². The molecule has 0 radical (unpaired) electrons. The highest BCUT2D eigenvalue weighted by molar-refractivity contribution is 5.95. The maximum atomic E-state index is 11.4. The van der Waals surface area contributed by atoms with Crippen LogP contribution < -0.4 is 16.4 Å². The van der Waals surface area contributed by atoms with E-state index in [4.69, 9.17) is 5.73 Å². The number of hydrogen-bond acceptors (Lipinski definition) is 4. The zero-order chi connectivity index (χ0) is 11.4. The van der Waals surface area contributed by atoms with Crippen LogP contribution in [0.2, 0.25) is 0 Å². The quantitative estimate of drug-likeness (QED) is 0.518. The second-order valence-electron chi connectivity index (χ2n) is 2.96. The van der Waals surface area contributed by atoms with E-state index in [0.717, 1.165) is 0 Å². The fourth-order valence-electron chi connectivity index (χ4n) is 0.896. The number of carbonyl (C=O) groups is 2. The summed E-state index contributed by atoms with van der Waals surface area (Å²) in [6.45, 7) is 3.20. The molecule has 0 spiro atoms. The summed E-state index contributed by atoms with van der Waals surface area (Å²) < 4.78 is 0. The van der Waals surface area contributed by atoms with Crippen LogP contribution in [0.5, 0.6) is 0 Å². The predicted molar refractivity (Wildman–Crippen MR) is 51.9 cm³/mol. The number of rotatable bonds is 3. The first kappa shape index (κ1) is 11.0. The van der Waals surface area contributed by atoms with Crippen molar-refractivity contribution in [2.45, 2.75) is 19.9 Å². The van der Waals surface area contributed by atoms with E-state index in [2.05, 4.69) is 25.8 Å². The fourth-order valence-corrected chi connectivity index (χ4v) is 0.896. The minimum Gasteiger partial charge on any atom is -0.352 e. The molecular weight excluding hydrogens is 200 g/mol. The zero-order valence-corrected chi connectivity index (χ0v) is 8.37. The number of aromatic nitrogens is 3. The summed E-state index contributed by atoms with van der Waals surface area (Å²) in [5.41, 5.74) is 4.86. The third-order valence-corrected chi connectivity index (χ3v) is 1.58. The Morgan fingerprint density at radius 2 is 2.20 bits per heavy atom. The number of nitrogens with two attached hydrogens (primary N) is 1. The number of urea groups is 1. The van der Waals surface area contributed by atoms with Crippen molar-refractivity contribution in [1.82, 2.24) is 20.5 Å². The maximum absolute atomic E-state index is 11.4. The van der Waals surface area contributed by atoms with Crippen LogP contribution in [-0.2, 0) is 4.79 Å². The molecule has 0 saturated heterocycles. The van der Waals surface area contributed by atoms with Crippen LogP contribution in [0.4, 0.5) is 10.7 Å². The zero-order valence-electron chi connectivity index (χ0n) is 8.37. The van der Waals surface area contributed by atoms with Gasteiger partial charge in [-0.3, -0.25) is 15.2 Å². The molecule has 0 aliphatic rings. The number of amides is 3. The summed E-state index contributed by atoms with van der Waals surface area (Å²) in [6.07, 6.45) is 0. The topological polar surface area (TPSA) is 126 Å². The van der Waals surface area contributed by atoms with Crippen LogP contribution in [0.15, 0.2) is 0 Å². The summed E-state index contributed by atoms with van der Waals surface area (Å²) in [5, 5.41) is 10.9. The molecule has 1 aromatic heterocycles. The predicted octanol–water partition coefficient (Wildman–Crippen LogP) is -0.892. The van der Waals surface area contributed by atoms with Crippen molar-refractivity contribution in [2.75, 3.05) is 5.32 Å². The van der Waals surface area contributed by atoms with Crippen LogP contribution in [0, 0.1) is 6.92 Å². The largest absolute Gasteiger partial charge is 0.352 e. The van der Waals surface area contributed by atoms with E-state index in [0.29, 0.717) is 5.82 Å². The highest BCUT2D eigenvalue weighted by atomic mass is 16.2. The molecule has 8 nitrogen and oxygen atoms in total. The molecule has 1 unspecified atom stereocenters. The summed E-state index contributed by atoms with van der Waals surface area (Å²) in [7, 11) is 0. The van der Waals surface area contributed by atoms with E-state index < -0.39 is 18.0 Å². The number of aryl methyl sites for hydroxylation is 1. The highest BCUT2D eigenvalue weighted by Crippen LogP contribution is 1.97. The van der Waals surface area contributed by atoms with Crippen molar-refractivity contribution in [2.24, 2.45) is 5.73 Å². The Bertz CT molecular complexity index is 373. The number of nitrogens with one attached hydrogen (secondary N) is 3. The summed E-state index contributed by atoms with van der Waals surface area (Å²) in [5.74, 6) is 0.309. The lowest BCUT2D eigenvalue weighted by atomic mass is 10.3. The number of hydrogen-bond donors (Lipinski definition) is 4. The summed E-state index contributed by atoms with van der Waals surface area (Å²) in [4.78, 5) is 25.7. The monoisotopic (exact) mass is 212 g/mol. The van der Waals surface area contributed by atoms with E-state index >= 15 is 0 Å². The van der Waals surface area contributed by atoms with Gasteiger partial charge in [0.1, 0.15) is 11.9 Å². The van der Waals surface area contributed by atoms with Gasteiger partial charge in [-0.15, -0.1) is 5.10 Å². The molecule has 1 rings (SSSR count). The van der Waals surface area contributed by atoms with Crippen molar-refractivity contribution in [3.8, 4) is 0 Å². The minimum absolute atomic E-state index is 0.163. The molecular formula is C7H12N6O2. The molecule has 0 fully saturated rings. The Balaban J connectivity index is 2.52. The molecule has 5 N–H and O–H groups in total. The van der Waals surface area contributed by atoms with Gasteiger partial charge in [-0.1, -0.05) is 0 Å². The van der Waals surface area contributed by atoms with Gasteiger partial charge in [-0.25, -0.2) is 4.79 Å². The highest BCUT2D eigenvalue weighted by Gasteiger charge is 2.15. The van der Waals surface area contributed by atoms with Gasteiger partial charge in [-0.2, -0.15) is 4.98 Å². The lowest BCUT2D eigenvalue weighted by Crippen LogP contribution is -2.44. The van der Waals surface area contributed by atoms with Gasteiger partial charge in [-0.05, 0) is 13.8 Å². The first-order chi connectivity index (χ1) is 6.99. The van der Waals surface area contributed by atoms with E-state index in [-0.39, 0.29) is 5.95 Å². The van der Waals surface area contributed by atoms with Gasteiger partial charge >= 0.3 is 6.03 Å². The lowest BCUT2D eigenvalue weighted by molar-refractivity contribution is -0.117. The van der Waals surface area contributed by atoms with Gasteiger partial charge in [0, 0.05) is 0 Å². The van der Waals surface area contributed by atoms with Crippen LogP contribution in [0.3, 0.4) is 0 Å². The second kappa shape index (κ2) is 4.40. The van der Waals surface area contributed by atoms with E-state index in [1.807, 2.05) is 0 Å². The number of carbonyl (C=O) groups excluding carboxylic acids is 2. The molecule has 15 heavy (non-hydrogen) atoms. The molecule has 0 aliphatic heterocycles. The molecule has 1 aromatic rings. The van der Waals surface area contributed by atoms with Crippen molar-refractivity contribution >= 4 is 17.9 Å². The molecule has 0 aliphatic carbocycles. The molecule has 0 aromatic carbocycles. The maximum Gasteiger partial charge on any atom is 0.312 e. The first-order valence-electron chi connectivity index (χ1n) is 4.25. The number of nitrogens with zero attached hydrogens (tertiary/aromatic N) is 2. The molecule has 8 heteroatoms. The number of H-pyrrole nitrogens is 1.